The molecule has 2 aliphatic heterocycles. The van der Waals surface area contributed by atoms with Crippen molar-refractivity contribution in [2.24, 2.45) is 5.41 Å². The second kappa shape index (κ2) is 3.77. The third-order valence-corrected chi connectivity index (χ3v) is 3.76. The molecule has 0 aromatic heterocycles. The van der Waals surface area contributed by atoms with E-state index in [1.165, 1.54) is 0 Å². The Labute approximate surface area is 84.3 Å². The van der Waals surface area contributed by atoms with Gasteiger partial charge in [-0.1, -0.05) is 0 Å². The summed E-state index contributed by atoms with van der Waals surface area (Å²) in [6, 6.07) is 0. The SMILES string of the molecule is OCC1(C2(O)CCCOCC2)CNC1. The molecule has 0 spiro atoms. The second-order valence-electron chi connectivity index (χ2n) is 4.54. The lowest BCUT2D eigenvalue weighted by Gasteiger charge is -2.52. The molecule has 2 aliphatic rings. The van der Waals surface area contributed by atoms with Crippen molar-refractivity contribution < 1.29 is 14.9 Å². The molecule has 4 nitrogen and oxygen atoms in total. The van der Waals surface area contributed by atoms with Crippen LogP contribution in [-0.2, 0) is 4.74 Å². The van der Waals surface area contributed by atoms with Gasteiger partial charge in [0.05, 0.1) is 12.2 Å². The Morgan fingerprint density at radius 1 is 1.21 bits per heavy atom. The molecule has 82 valence electrons. The molecular weight excluding hydrogens is 182 g/mol. The average Bonchev–Trinajstić information content (AvgIpc) is 2.30. The molecule has 0 aromatic carbocycles. The van der Waals surface area contributed by atoms with Gasteiger partial charge in [-0.15, -0.1) is 0 Å². The number of rotatable bonds is 2. The molecule has 0 aromatic rings. The molecule has 0 bridgehead atoms. The lowest BCUT2D eigenvalue weighted by molar-refractivity contribution is -0.144. The van der Waals surface area contributed by atoms with Gasteiger partial charge in [0.25, 0.3) is 0 Å². The van der Waals surface area contributed by atoms with E-state index in [1.807, 2.05) is 0 Å². The van der Waals surface area contributed by atoms with E-state index in [4.69, 9.17) is 4.74 Å². The van der Waals surface area contributed by atoms with E-state index in [2.05, 4.69) is 5.32 Å². The summed E-state index contributed by atoms with van der Waals surface area (Å²) in [4.78, 5) is 0. The molecule has 1 atom stereocenters. The van der Waals surface area contributed by atoms with E-state index in [-0.39, 0.29) is 12.0 Å². The maximum absolute atomic E-state index is 10.5. The number of nitrogens with one attached hydrogen (secondary N) is 1. The highest BCUT2D eigenvalue weighted by molar-refractivity contribution is 5.06. The van der Waals surface area contributed by atoms with E-state index >= 15 is 0 Å². The average molecular weight is 201 g/mol. The Morgan fingerprint density at radius 2 is 2.00 bits per heavy atom. The molecule has 2 saturated heterocycles. The van der Waals surface area contributed by atoms with Gasteiger partial charge in [-0.3, -0.25) is 0 Å². The first-order valence-electron chi connectivity index (χ1n) is 5.34. The summed E-state index contributed by atoms with van der Waals surface area (Å²) in [5.74, 6) is 0. The number of hydrogen-bond acceptors (Lipinski definition) is 4. The normalized spacial score (nSPS) is 37.3. The Bertz CT molecular complexity index is 190. The van der Waals surface area contributed by atoms with Gasteiger partial charge < -0.3 is 20.3 Å². The summed E-state index contributed by atoms with van der Waals surface area (Å²) in [5.41, 5.74) is -1.05. The minimum atomic E-state index is -0.733. The van der Waals surface area contributed by atoms with Crippen molar-refractivity contribution in [3.63, 3.8) is 0 Å². The molecule has 0 saturated carbocycles. The zero-order valence-electron chi connectivity index (χ0n) is 8.46. The molecule has 0 amide bonds. The smallest absolute Gasteiger partial charge is 0.0772 e. The molecule has 4 heteroatoms. The van der Waals surface area contributed by atoms with Crippen molar-refractivity contribution >= 4 is 0 Å². The Morgan fingerprint density at radius 3 is 2.57 bits per heavy atom. The molecule has 2 rings (SSSR count). The van der Waals surface area contributed by atoms with Crippen LogP contribution in [0.4, 0.5) is 0 Å². The van der Waals surface area contributed by atoms with Crippen LogP contribution in [0.5, 0.6) is 0 Å². The molecule has 3 N–H and O–H groups in total. The van der Waals surface area contributed by atoms with Crippen molar-refractivity contribution in [1.29, 1.82) is 0 Å². The summed E-state index contributed by atoms with van der Waals surface area (Å²) in [5, 5.41) is 23.1. The van der Waals surface area contributed by atoms with Crippen LogP contribution in [0, 0.1) is 5.41 Å². The van der Waals surface area contributed by atoms with Gasteiger partial charge in [0, 0.05) is 38.1 Å². The van der Waals surface area contributed by atoms with Crippen molar-refractivity contribution in [3.8, 4) is 0 Å². The van der Waals surface area contributed by atoms with Gasteiger partial charge in [-0.2, -0.15) is 0 Å². The highest BCUT2D eigenvalue weighted by atomic mass is 16.5. The highest BCUT2D eigenvalue weighted by Crippen LogP contribution is 2.41. The van der Waals surface area contributed by atoms with E-state index in [1.54, 1.807) is 0 Å². The second-order valence-corrected chi connectivity index (χ2v) is 4.54. The first-order chi connectivity index (χ1) is 6.72. The number of hydrogen-bond donors (Lipinski definition) is 3. The number of aliphatic hydroxyl groups is 2. The zero-order valence-corrected chi connectivity index (χ0v) is 8.46. The molecule has 2 fully saturated rings. The molecular formula is C10H19NO3. The maximum atomic E-state index is 10.5. The molecule has 14 heavy (non-hydrogen) atoms. The minimum Gasteiger partial charge on any atom is -0.396 e. The quantitative estimate of drug-likeness (QED) is 0.563. The van der Waals surface area contributed by atoms with Gasteiger partial charge in [0.15, 0.2) is 0 Å². The topological polar surface area (TPSA) is 61.7 Å². The van der Waals surface area contributed by atoms with Crippen LogP contribution in [-0.4, -0.2) is 48.7 Å². The number of aliphatic hydroxyl groups excluding tert-OH is 1. The van der Waals surface area contributed by atoms with Crippen molar-refractivity contribution in [1.82, 2.24) is 5.32 Å². The van der Waals surface area contributed by atoms with Crippen LogP contribution >= 0.6 is 0 Å². The molecule has 1 unspecified atom stereocenters. The molecule has 0 radical (unpaired) electrons. The third kappa shape index (κ3) is 1.46. The van der Waals surface area contributed by atoms with Crippen LogP contribution in [0.25, 0.3) is 0 Å². The third-order valence-electron chi connectivity index (χ3n) is 3.76. The van der Waals surface area contributed by atoms with E-state index in [0.29, 0.717) is 13.0 Å². The molecule has 2 heterocycles. The van der Waals surface area contributed by atoms with Gasteiger partial charge >= 0.3 is 0 Å². The lowest BCUT2D eigenvalue weighted by Crippen LogP contribution is -2.68. The fourth-order valence-electron chi connectivity index (χ4n) is 2.48. The standard InChI is InChI=1S/C10H19NO3/c12-8-9(6-11-7-9)10(13)2-1-4-14-5-3-10/h11-13H,1-8H2. The predicted octanol–water partition coefficient (Wildman–Crippen LogP) is -0.500. The Balaban J connectivity index is 2.11. The molecule has 0 aliphatic carbocycles. The van der Waals surface area contributed by atoms with Crippen LogP contribution in [0.2, 0.25) is 0 Å². The summed E-state index contributed by atoms with van der Waals surface area (Å²) in [7, 11) is 0. The van der Waals surface area contributed by atoms with Gasteiger partial charge in [-0.05, 0) is 12.8 Å². The van der Waals surface area contributed by atoms with Crippen LogP contribution in [0.15, 0.2) is 0 Å². The van der Waals surface area contributed by atoms with E-state index in [9.17, 15) is 10.2 Å². The summed E-state index contributed by atoms with van der Waals surface area (Å²) < 4.78 is 5.34. The fourth-order valence-corrected chi connectivity index (χ4v) is 2.48. The van der Waals surface area contributed by atoms with Crippen LogP contribution in [0.1, 0.15) is 19.3 Å². The van der Waals surface area contributed by atoms with Crippen LogP contribution < -0.4 is 5.32 Å². The van der Waals surface area contributed by atoms with Gasteiger partial charge in [0.1, 0.15) is 0 Å². The van der Waals surface area contributed by atoms with E-state index in [0.717, 1.165) is 32.5 Å². The van der Waals surface area contributed by atoms with Gasteiger partial charge in [-0.25, -0.2) is 0 Å². The van der Waals surface area contributed by atoms with Crippen molar-refractivity contribution in [2.45, 2.75) is 24.9 Å². The monoisotopic (exact) mass is 201 g/mol. The summed E-state index contributed by atoms with van der Waals surface area (Å²) in [6.07, 6.45) is 2.28. The minimum absolute atomic E-state index is 0.0660. The largest absolute Gasteiger partial charge is 0.396 e. The van der Waals surface area contributed by atoms with Crippen molar-refractivity contribution in [2.75, 3.05) is 32.9 Å². The van der Waals surface area contributed by atoms with Crippen LogP contribution in [0.3, 0.4) is 0 Å². The summed E-state index contributed by atoms with van der Waals surface area (Å²) in [6.45, 7) is 2.85. The predicted molar refractivity (Wildman–Crippen MR) is 52.0 cm³/mol. The summed E-state index contributed by atoms with van der Waals surface area (Å²) >= 11 is 0. The van der Waals surface area contributed by atoms with E-state index < -0.39 is 5.60 Å². The number of ether oxygens (including phenoxy) is 1. The highest BCUT2D eigenvalue weighted by Gasteiger charge is 2.53. The van der Waals surface area contributed by atoms with Gasteiger partial charge in [0.2, 0.25) is 0 Å². The lowest BCUT2D eigenvalue weighted by atomic mass is 9.65. The fraction of sp³-hybridized carbons (Fsp3) is 1.00. The Kier molecular flexibility index (Phi) is 2.79. The Hall–Kier alpha value is -0.160. The maximum Gasteiger partial charge on any atom is 0.0772 e. The van der Waals surface area contributed by atoms with Crippen molar-refractivity contribution in [3.05, 3.63) is 0 Å². The first kappa shape index (κ1) is 10.4. The first-order valence-corrected chi connectivity index (χ1v) is 5.34. The zero-order chi connectivity index (χ0) is 10.1.